The largest absolute Gasteiger partial charge is 0.308 e. The summed E-state index contributed by atoms with van der Waals surface area (Å²) in [6, 6.07) is 9.03. The van der Waals surface area contributed by atoms with Gasteiger partial charge in [-0.15, -0.1) is 0 Å². The predicted molar refractivity (Wildman–Crippen MR) is 71.0 cm³/mol. The molecule has 5 heteroatoms. The van der Waals surface area contributed by atoms with Gasteiger partial charge in [0, 0.05) is 29.2 Å². The molecular formula is C14H11BrF3N. The number of hydrogen-bond donors (Lipinski definition) is 1. The van der Waals surface area contributed by atoms with Crippen molar-refractivity contribution in [2.75, 3.05) is 0 Å². The minimum atomic E-state index is -1.17. The van der Waals surface area contributed by atoms with E-state index in [-0.39, 0.29) is 12.1 Å². The van der Waals surface area contributed by atoms with Crippen LogP contribution >= 0.6 is 15.9 Å². The molecular weight excluding hydrogens is 319 g/mol. The van der Waals surface area contributed by atoms with Gasteiger partial charge in [0.05, 0.1) is 0 Å². The third-order valence-electron chi connectivity index (χ3n) is 2.68. The first-order valence-corrected chi connectivity index (χ1v) is 6.45. The van der Waals surface area contributed by atoms with Crippen LogP contribution in [0.25, 0.3) is 0 Å². The molecule has 100 valence electrons. The molecule has 2 aromatic rings. The molecule has 0 saturated heterocycles. The van der Waals surface area contributed by atoms with Gasteiger partial charge in [-0.1, -0.05) is 34.1 Å². The van der Waals surface area contributed by atoms with Crippen molar-refractivity contribution < 1.29 is 13.2 Å². The Labute approximate surface area is 117 Å². The fourth-order valence-corrected chi connectivity index (χ4v) is 2.10. The molecule has 0 saturated carbocycles. The molecule has 0 fully saturated rings. The zero-order valence-corrected chi connectivity index (χ0v) is 11.5. The summed E-state index contributed by atoms with van der Waals surface area (Å²) in [5.74, 6) is -2.97. The number of halogens is 4. The number of nitrogens with one attached hydrogen (secondary N) is 1. The lowest BCUT2D eigenvalue weighted by Gasteiger charge is -2.08. The second-order valence-corrected chi connectivity index (χ2v) is 4.91. The van der Waals surface area contributed by atoms with Gasteiger partial charge in [0.2, 0.25) is 0 Å². The van der Waals surface area contributed by atoms with Crippen molar-refractivity contribution in [2.24, 2.45) is 0 Å². The molecule has 0 atom stereocenters. The van der Waals surface area contributed by atoms with Crippen LogP contribution < -0.4 is 5.32 Å². The molecule has 0 heterocycles. The maximum atomic E-state index is 13.4. The average Bonchev–Trinajstić information content (AvgIpc) is 2.38. The van der Waals surface area contributed by atoms with Gasteiger partial charge in [-0.2, -0.15) is 0 Å². The average molecular weight is 330 g/mol. The van der Waals surface area contributed by atoms with Crippen LogP contribution in [-0.4, -0.2) is 0 Å². The maximum absolute atomic E-state index is 13.4. The first-order valence-electron chi connectivity index (χ1n) is 5.65. The molecule has 2 rings (SSSR count). The molecule has 0 aliphatic carbocycles. The highest BCUT2D eigenvalue weighted by atomic mass is 79.9. The van der Waals surface area contributed by atoms with E-state index in [9.17, 15) is 13.2 Å². The Hall–Kier alpha value is -1.33. The normalized spacial score (nSPS) is 10.7. The third-order valence-corrected chi connectivity index (χ3v) is 3.45. The molecule has 2 aromatic carbocycles. The summed E-state index contributed by atoms with van der Waals surface area (Å²) >= 11 is 3.39. The van der Waals surface area contributed by atoms with Gasteiger partial charge < -0.3 is 5.32 Å². The van der Waals surface area contributed by atoms with Crippen molar-refractivity contribution >= 4 is 15.9 Å². The Balaban J connectivity index is 2.00. The van der Waals surface area contributed by atoms with Crippen molar-refractivity contribution in [2.45, 2.75) is 13.1 Å². The summed E-state index contributed by atoms with van der Waals surface area (Å²) in [6.07, 6.45) is 0. The highest BCUT2D eigenvalue weighted by molar-refractivity contribution is 9.10. The molecule has 0 aromatic heterocycles. The minimum Gasteiger partial charge on any atom is -0.308 e. The summed E-state index contributed by atoms with van der Waals surface area (Å²) < 4.78 is 40.1. The van der Waals surface area contributed by atoms with Gasteiger partial charge in [-0.05, 0) is 17.7 Å². The molecule has 0 spiro atoms. The SMILES string of the molecule is Fc1cc(F)c(CNCc2ccccc2Br)cc1F. The smallest absolute Gasteiger partial charge is 0.161 e. The van der Waals surface area contributed by atoms with Crippen molar-refractivity contribution in [1.29, 1.82) is 0 Å². The van der Waals surface area contributed by atoms with Gasteiger partial charge in [-0.3, -0.25) is 0 Å². The number of rotatable bonds is 4. The molecule has 0 bridgehead atoms. The monoisotopic (exact) mass is 329 g/mol. The van der Waals surface area contributed by atoms with E-state index in [4.69, 9.17) is 0 Å². The molecule has 1 nitrogen and oxygen atoms in total. The highest BCUT2D eigenvalue weighted by Crippen LogP contribution is 2.16. The van der Waals surface area contributed by atoms with Crippen LogP contribution in [0.2, 0.25) is 0 Å². The Bertz CT molecular complexity index is 587. The molecule has 0 radical (unpaired) electrons. The Kier molecular flexibility index (Phi) is 4.61. The highest BCUT2D eigenvalue weighted by Gasteiger charge is 2.09. The van der Waals surface area contributed by atoms with Crippen LogP contribution in [-0.2, 0) is 13.1 Å². The molecule has 0 amide bonds. The van der Waals surface area contributed by atoms with Crippen molar-refractivity contribution in [3.05, 3.63) is 69.4 Å². The van der Waals surface area contributed by atoms with E-state index in [0.717, 1.165) is 16.1 Å². The molecule has 1 N–H and O–H groups in total. The minimum absolute atomic E-state index is 0.103. The summed E-state index contributed by atoms with van der Waals surface area (Å²) in [7, 11) is 0. The topological polar surface area (TPSA) is 12.0 Å². The lowest BCUT2D eigenvalue weighted by Crippen LogP contribution is -2.14. The predicted octanol–water partition coefficient (Wildman–Crippen LogP) is 4.16. The summed E-state index contributed by atoms with van der Waals surface area (Å²) in [5, 5.41) is 2.99. The Morgan fingerprint density at radius 2 is 1.47 bits per heavy atom. The van der Waals surface area contributed by atoms with E-state index in [2.05, 4.69) is 21.2 Å². The Morgan fingerprint density at radius 3 is 2.21 bits per heavy atom. The maximum Gasteiger partial charge on any atom is 0.161 e. The fourth-order valence-electron chi connectivity index (χ4n) is 1.67. The van der Waals surface area contributed by atoms with Gasteiger partial charge >= 0.3 is 0 Å². The summed E-state index contributed by atoms with van der Waals surface area (Å²) in [4.78, 5) is 0. The number of benzene rings is 2. The van der Waals surface area contributed by atoms with E-state index in [1.165, 1.54) is 0 Å². The molecule has 0 aliphatic rings. The van der Waals surface area contributed by atoms with Gasteiger partial charge in [0.25, 0.3) is 0 Å². The van der Waals surface area contributed by atoms with E-state index in [1.807, 2.05) is 24.3 Å². The fraction of sp³-hybridized carbons (Fsp3) is 0.143. The number of hydrogen-bond acceptors (Lipinski definition) is 1. The van der Waals surface area contributed by atoms with Crippen molar-refractivity contribution in [3.8, 4) is 0 Å². The van der Waals surface area contributed by atoms with Gasteiger partial charge in [0.1, 0.15) is 5.82 Å². The van der Waals surface area contributed by atoms with Crippen molar-refractivity contribution in [1.82, 2.24) is 5.32 Å². The zero-order valence-electron chi connectivity index (χ0n) is 9.89. The third kappa shape index (κ3) is 3.58. The van der Waals surface area contributed by atoms with Crippen LogP contribution in [0, 0.1) is 17.5 Å². The Morgan fingerprint density at radius 1 is 0.842 bits per heavy atom. The van der Waals surface area contributed by atoms with E-state index in [0.29, 0.717) is 12.6 Å². The van der Waals surface area contributed by atoms with Crippen LogP contribution in [0.3, 0.4) is 0 Å². The summed E-state index contributed by atoms with van der Waals surface area (Å²) in [6.45, 7) is 0.629. The quantitative estimate of drug-likeness (QED) is 0.830. The van der Waals surface area contributed by atoms with Crippen LogP contribution in [0.4, 0.5) is 13.2 Å². The van der Waals surface area contributed by atoms with Crippen LogP contribution in [0.5, 0.6) is 0 Å². The second-order valence-electron chi connectivity index (χ2n) is 4.05. The second kappa shape index (κ2) is 6.21. The first-order chi connectivity index (χ1) is 9.08. The molecule has 0 aliphatic heterocycles. The molecule has 0 unspecified atom stereocenters. The van der Waals surface area contributed by atoms with E-state index >= 15 is 0 Å². The van der Waals surface area contributed by atoms with E-state index < -0.39 is 17.5 Å². The zero-order chi connectivity index (χ0) is 13.8. The van der Waals surface area contributed by atoms with Crippen molar-refractivity contribution in [3.63, 3.8) is 0 Å². The van der Waals surface area contributed by atoms with Crippen LogP contribution in [0.15, 0.2) is 40.9 Å². The molecule has 19 heavy (non-hydrogen) atoms. The standard InChI is InChI=1S/C14H11BrF3N/c15-11-4-2-1-3-9(11)7-19-8-10-5-13(17)14(18)6-12(10)16/h1-6,19H,7-8H2. The van der Waals surface area contributed by atoms with Gasteiger partial charge in [0.15, 0.2) is 11.6 Å². The van der Waals surface area contributed by atoms with E-state index in [1.54, 1.807) is 0 Å². The lowest BCUT2D eigenvalue weighted by molar-refractivity contribution is 0.486. The van der Waals surface area contributed by atoms with Gasteiger partial charge in [-0.25, -0.2) is 13.2 Å². The summed E-state index contributed by atoms with van der Waals surface area (Å²) in [5.41, 5.74) is 1.11. The first kappa shape index (κ1) is 14.1. The lowest BCUT2D eigenvalue weighted by atomic mass is 10.2. The van der Waals surface area contributed by atoms with Crippen LogP contribution in [0.1, 0.15) is 11.1 Å².